The lowest BCUT2D eigenvalue weighted by Crippen LogP contribution is -2.26. The minimum Gasteiger partial charge on any atom is -0.365 e. The van der Waals surface area contributed by atoms with Gasteiger partial charge < -0.3 is 5.32 Å². The molecule has 2 heterocycles. The number of hydrogen-bond acceptors (Lipinski definition) is 6. The minimum atomic E-state index is -0.601. The number of nitrogens with one attached hydrogen (secondary N) is 2. The fourth-order valence-corrected chi connectivity index (χ4v) is 3.05. The Balaban J connectivity index is 0.00000196. The number of halogens is 2. The lowest BCUT2D eigenvalue weighted by Gasteiger charge is -2.17. The van der Waals surface area contributed by atoms with Crippen molar-refractivity contribution in [3.8, 4) is 0 Å². The van der Waals surface area contributed by atoms with Gasteiger partial charge in [0.05, 0.1) is 17.6 Å². The third-order valence-corrected chi connectivity index (χ3v) is 4.34. The largest absolute Gasteiger partial charge is 0.365 e. The monoisotopic (exact) mass is 425 g/mol. The molecule has 1 aromatic carbocycles. The smallest absolute Gasteiger partial charge is 0.267 e. The van der Waals surface area contributed by atoms with E-state index in [1.54, 1.807) is 6.20 Å². The molecule has 1 saturated heterocycles. The molecule has 152 valence electrons. The molecule has 0 bridgehead atoms. The predicted octanol–water partition coefficient (Wildman–Crippen LogP) is 2.83. The van der Waals surface area contributed by atoms with Gasteiger partial charge in [0.25, 0.3) is 5.91 Å². The van der Waals surface area contributed by atoms with E-state index in [4.69, 9.17) is 5.21 Å². The fraction of sp³-hybridized carbons (Fsp3) is 0.316. The quantitative estimate of drug-likeness (QED) is 0.374. The first kappa shape index (κ1) is 23.8. The number of carbonyl (C=O) groups excluding carboxylic acids is 1. The molecule has 0 radical (unpaired) electrons. The number of hydroxylamine groups is 1. The summed E-state index contributed by atoms with van der Waals surface area (Å²) >= 11 is 0. The Labute approximate surface area is 177 Å². The van der Waals surface area contributed by atoms with E-state index in [9.17, 15) is 4.79 Å². The summed E-state index contributed by atoms with van der Waals surface area (Å²) < 4.78 is 0. The highest BCUT2D eigenvalue weighted by atomic mass is 35.5. The molecule has 1 amide bonds. The number of anilines is 1. The van der Waals surface area contributed by atoms with E-state index < -0.39 is 5.91 Å². The van der Waals surface area contributed by atoms with Crippen LogP contribution >= 0.6 is 24.8 Å². The second-order valence-corrected chi connectivity index (χ2v) is 6.39. The molecule has 28 heavy (non-hydrogen) atoms. The van der Waals surface area contributed by atoms with Crippen LogP contribution in [0.3, 0.4) is 0 Å². The normalized spacial score (nSPS) is 16.3. The molecular weight excluding hydrogens is 401 g/mol. The van der Waals surface area contributed by atoms with E-state index >= 15 is 0 Å². The zero-order valence-corrected chi connectivity index (χ0v) is 17.2. The number of carbonyl (C=O) groups is 1. The topological polar surface area (TPSA) is 90.4 Å². The molecule has 0 saturated carbocycles. The van der Waals surface area contributed by atoms with Crippen LogP contribution in [-0.2, 0) is 11.3 Å². The van der Waals surface area contributed by atoms with Gasteiger partial charge in [-0.2, -0.15) is 0 Å². The van der Waals surface area contributed by atoms with Crippen molar-refractivity contribution in [2.75, 3.05) is 18.4 Å². The summed E-state index contributed by atoms with van der Waals surface area (Å²) in [5.41, 5.74) is 4.21. The van der Waals surface area contributed by atoms with E-state index in [0.29, 0.717) is 11.7 Å². The predicted molar refractivity (Wildman–Crippen MR) is 114 cm³/mol. The molecule has 1 aromatic heterocycles. The molecule has 1 fully saturated rings. The first-order valence-corrected chi connectivity index (χ1v) is 8.62. The van der Waals surface area contributed by atoms with Crippen molar-refractivity contribution in [1.82, 2.24) is 20.3 Å². The second-order valence-electron chi connectivity index (χ2n) is 6.39. The Morgan fingerprint density at radius 2 is 2.07 bits per heavy atom. The van der Waals surface area contributed by atoms with Crippen molar-refractivity contribution in [2.45, 2.75) is 25.9 Å². The van der Waals surface area contributed by atoms with Crippen molar-refractivity contribution >= 4 is 42.6 Å². The number of aromatic nitrogens is 2. The lowest BCUT2D eigenvalue weighted by molar-refractivity contribution is -0.124. The van der Waals surface area contributed by atoms with E-state index in [-0.39, 0.29) is 24.8 Å². The average molecular weight is 426 g/mol. The van der Waals surface area contributed by atoms with Crippen LogP contribution in [0.2, 0.25) is 0 Å². The van der Waals surface area contributed by atoms with Gasteiger partial charge in [-0.25, -0.2) is 15.4 Å². The standard InChI is InChI=1S/C19H23N5O2.2ClH/c1-14-19(20-11-16(21-14)7-8-18(25)23-26)22-17-9-10-24(13-17)12-15-5-3-2-4-6-15;;/h2-8,11,17,26H,9-10,12-13H2,1H3,(H,20,22)(H,23,25);2*1H/t17-;;/m1../s1. The van der Waals surface area contributed by atoms with Crippen molar-refractivity contribution in [2.24, 2.45) is 0 Å². The number of nitrogens with zero attached hydrogens (tertiary/aromatic N) is 3. The summed E-state index contributed by atoms with van der Waals surface area (Å²) in [6.07, 6.45) is 5.38. The summed E-state index contributed by atoms with van der Waals surface area (Å²) in [7, 11) is 0. The van der Waals surface area contributed by atoms with Gasteiger partial charge in [0, 0.05) is 31.8 Å². The summed E-state index contributed by atoms with van der Waals surface area (Å²) in [6, 6.07) is 10.8. The van der Waals surface area contributed by atoms with Crippen molar-refractivity contribution in [1.29, 1.82) is 0 Å². The zero-order chi connectivity index (χ0) is 18.4. The van der Waals surface area contributed by atoms with Crippen molar-refractivity contribution in [3.63, 3.8) is 0 Å². The third kappa shape index (κ3) is 6.76. The highest BCUT2D eigenvalue weighted by Gasteiger charge is 2.23. The van der Waals surface area contributed by atoms with Gasteiger partial charge in [-0.1, -0.05) is 30.3 Å². The Bertz CT molecular complexity index is 789. The van der Waals surface area contributed by atoms with E-state index in [1.807, 2.05) is 13.0 Å². The summed E-state index contributed by atoms with van der Waals surface area (Å²) in [5.74, 6) is 0.163. The molecule has 1 aliphatic rings. The van der Waals surface area contributed by atoms with Crippen LogP contribution in [0.25, 0.3) is 6.08 Å². The number of rotatable bonds is 6. The van der Waals surface area contributed by atoms with Crippen LogP contribution < -0.4 is 10.8 Å². The molecule has 9 heteroatoms. The number of benzene rings is 1. The van der Waals surface area contributed by atoms with Crippen LogP contribution in [0.1, 0.15) is 23.4 Å². The van der Waals surface area contributed by atoms with E-state index in [2.05, 4.69) is 44.5 Å². The molecular formula is C19H25Cl2N5O2. The molecule has 0 aliphatic carbocycles. The summed E-state index contributed by atoms with van der Waals surface area (Å²) in [5, 5.41) is 12.0. The summed E-state index contributed by atoms with van der Waals surface area (Å²) in [6.45, 7) is 4.86. The molecule has 3 rings (SSSR count). The van der Waals surface area contributed by atoms with Crippen molar-refractivity contribution in [3.05, 3.63) is 59.6 Å². The van der Waals surface area contributed by atoms with E-state index in [1.165, 1.54) is 23.2 Å². The average Bonchev–Trinajstić information content (AvgIpc) is 3.09. The lowest BCUT2D eigenvalue weighted by atomic mass is 10.2. The molecule has 2 aromatic rings. The zero-order valence-electron chi connectivity index (χ0n) is 15.5. The van der Waals surface area contributed by atoms with E-state index in [0.717, 1.165) is 37.6 Å². The van der Waals surface area contributed by atoms with Crippen LogP contribution in [0.15, 0.2) is 42.6 Å². The highest BCUT2D eigenvalue weighted by molar-refractivity contribution is 5.90. The Hall–Kier alpha value is -2.19. The first-order valence-electron chi connectivity index (χ1n) is 8.62. The number of amides is 1. The maximum atomic E-state index is 11.0. The third-order valence-electron chi connectivity index (χ3n) is 4.34. The van der Waals surface area contributed by atoms with Gasteiger partial charge in [-0.15, -0.1) is 24.8 Å². The van der Waals surface area contributed by atoms with Gasteiger partial charge in [-0.3, -0.25) is 14.9 Å². The van der Waals surface area contributed by atoms with Gasteiger partial charge in [-0.05, 0) is 25.0 Å². The first-order chi connectivity index (χ1) is 12.6. The van der Waals surface area contributed by atoms with Gasteiger partial charge in [0.15, 0.2) is 0 Å². The molecule has 3 N–H and O–H groups in total. The van der Waals surface area contributed by atoms with Crippen LogP contribution in [-0.4, -0.2) is 45.1 Å². The second kappa shape index (κ2) is 11.6. The molecule has 1 atom stereocenters. The van der Waals surface area contributed by atoms with Gasteiger partial charge in [0.1, 0.15) is 5.82 Å². The SMILES string of the molecule is Cc1nc(C=CC(=O)NO)cnc1N[C@@H]1CCN(Cc2ccccc2)C1.Cl.Cl. The van der Waals surface area contributed by atoms with Gasteiger partial charge >= 0.3 is 0 Å². The maximum Gasteiger partial charge on any atom is 0.267 e. The Morgan fingerprint density at radius 3 is 2.75 bits per heavy atom. The van der Waals surface area contributed by atoms with Crippen LogP contribution in [0.4, 0.5) is 5.82 Å². The Kier molecular flexibility index (Phi) is 9.89. The summed E-state index contributed by atoms with van der Waals surface area (Å²) in [4.78, 5) is 22.3. The number of aryl methyl sites for hydroxylation is 1. The van der Waals surface area contributed by atoms with Gasteiger partial charge in [0.2, 0.25) is 0 Å². The minimum absolute atomic E-state index is 0. The Morgan fingerprint density at radius 1 is 1.32 bits per heavy atom. The number of likely N-dealkylation sites (tertiary alicyclic amines) is 1. The maximum absolute atomic E-state index is 11.0. The van der Waals surface area contributed by atoms with Crippen LogP contribution in [0, 0.1) is 6.92 Å². The molecule has 7 nitrogen and oxygen atoms in total. The molecule has 0 unspecified atom stereocenters. The fourth-order valence-electron chi connectivity index (χ4n) is 3.05. The van der Waals surface area contributed by atoms with Crippen molar-refractivity contribution < 1.29 is 10.0 Å². The molecule has 0 spiro atoms. The highest BCUT2D eigenvalue weighted by Crippen LogP contribution is 2.18. The van der Waals surface area contributed by atoms with Crippen LogP contribution in [0.5, 0.6) is 0 Å². The molecule has 1 aliphatic heterocycles. The number of hydrogen-bond donors (Lipinski definition) is 3.